The molecule has 0 saturated heterocycles. The van der Waals surface area contributed by atoms with Crippen molar-refractivity contribution in [1.29, 1.82) is 0 Å². The van der Waals surface area contributed by atoms with Crippen LogP contribution in [0.5, 0.6) is 0 Å². The zero-order chi connectivity index (χ0) is 32.1. The van der Waals surface area contributed by atoms with E-state index in [4.69, 9.17) is 21.1 Å². The standard InChI is InChI=1S/C28H18ClF4NO5.C3H6O/c1-14-9-18-23(13-21(14)29)39-27(38)19(26(18)16-4-2-3-15(10-16)5-8-25(36)37)12-24(35)34-22-7-6-17(30)11-20(22)28(31,32)33;1-3(2)4/h2-11,13H,12H2,1H3,(H,34,35)(H,36,37);1-2H3. The van der Waals surface area contributed by atoms with Crippen LogP contribution in [-0.4, -0.2) is 22.8 Å². The summed E-state index contributed by atoms with van der Waals surface area (Å²) in [5, 5.41) is 11.8. The van der Waals surface area contributed by atoms with Crippen molar-refractivity contribution in [3.63, 3.8) is 0 Å². The Morgan fingerprint density at radius 3 is 2.35 bits per heavy atom. The quantitative estimate of drug-likeness (QED) is 0.132. The van der Waals surface area contributed by atoms with E-state index in [1.807, 2.05) is 0 Å². The molecule has 0 saturated carbocycles. The Balaban J connectivity index is 0.00000119. The fraction of sp³-hybridized carbons (Fsp3) is 0.161. The molecular weight excluding hydrogens is 594 g/mol. The number of nitrogens with one attached hydrogen (secondary N) is 1. The number of carboxylic acid groups (broad SMARTS) is 1. The van der Waals surface area contributed by atoms with E-state index in [9.17, 15) is 36.7 Å². The van der Waals surface area contributed by atoms with Gasteiger partial charge in [0, 0.05) is 28.1 Å². The monoisotopic (exact) mass is 617 g/mol. The van der Waals surface area contributed by atoms with Gasteiger partial charge in [0.25, 0.3) is 0 Å². The lowest BCUT2D eigenvalue weighted by atomic mass is 9.93. The number of carboxylic acids is 1. The SMILES string of the molecule is CC(C)=O.Cc1cc2c(-c3cccc(C=CC(=O)O)c3)c(CC(=O)Nc3ccc(F)cc3C(F)(F)F)c(=O)oc2cc1Cl. The molecule has 1 amide bonds. The maximum absolute atomic E-state index is 13.5. The molecule has 3 aromatic carbocycles. The first kappa shape index (κ1) is 32.7. The van der Waals surface area contributed by atoms with Gasteiger partial charge < -0.3 is 19.6 Å². The van der Waals surface area contributed by atoms with E-state index in [1.165, 1.54) is 26.0 Å². The number of benzene rings is 3. The van der Waals surface area contributed by atoms with Gasteiger partial charge in [-0.3, -0.25) is 4.79 Å². The first-order chi connectivity index (χ1) is 20.1. The van der Waals surface area contributed by atoms with Crippen LogP contribution >= 0.6 is 11.6 Å². The number of rotatable bonds is 6. The molecule has 0 unspecified atom stereocenters. The molecule has 0 aliphatic heterocycles. The van der Waals surface area contributed by atoms with Gasteiger partial charge in [-0.15, -0.1) is 0 Å². The highest BCUT2D eigenvalue weighted by Crippen LogP contribution is 2.37. The highest BCUT2D eigenvalue weighted by atomic mass is 35.5. The van der Waals surface area contributed by atoms with Crippen LogP contribution < -0.4 is 10.9 Å². The molecule has 7 nitrogen and oxygen atoms in total. The summed E-state index contributed by atoms with van der Waals surface area (Å²) >= 11 is 6.20. The lowest BCUT2D eigenvalue weighted by Gasteiger charge is -2.16. The molecule has 224 valence electrons. The Bertz CT molecular complexity index is 1810. The van der Waals surface area contributed by atoms with Crippen molar-refractivity contribution in [3.05, 3.63) is 104 Å². The van der Waals surface area contributed by atoms with E-state index in [1.54, 1.807) is 37.3 Å². The predicted molar refractivity (Wildman–Crippen MR) is 154 cm³/mol. The summed E-state index contributed by atoms with van der Waals surface area (Å²) in [6.07, 6.45) is -3.37. The molecule has 0 aliphatic rings. The van der Waals surface area contributed by atoms with Gasteiger partial charge in [0.1, 0.15) is 17.2 Å². The first-order valence-corrected chi connectivity index (χ1v) is 12.9. The van der Waals surface area contributed by atoms with Crippen molar-refractivity contribution in [1.82, 2.24) is 0 Å². The molecule has 1 heterocycles. The van der Waals surface area contributed by atoms with Crippen LogP contribution in [0.2, 0.25) is 5.02 Å². The average Bonchev–Trinajstić information content (AvgIpc) is 2.89. The van der Waals surface area contributed by atoms with Gasteiger partial charge in [-0.25, -0.2) is 14.0 Å². The minimum atomic E-state index is -4.95. The smallest absolute Gasteiger partial charge is 0.418 e. The number of ketones is 1. The second-order valence-electron chi connectivity index (χ2n) is 9.46. The summed E-state index contributed by atoms with van der Waals surface area (Å²) in [6, 6.07) is 11.3. The number of hydrogen-bond acceptors (Lipinski definition) is 5. The van der Waals surface area contributed by atoms with E-state index < -0.39 is 47.2 Å². The molecule has 0 bridgehead atoms. The lowest BCUT2D eigenvalue weighted by Crippen LogP contribution is -2.22. The number of hydrogen-bond donors (Lipinski definition) is 2. The average molecular weight is 618 g/mol. The van der Waals surface area contributed by atoms with E-state index in [-0.39, 0.29) is 28.6 Å². The Hall–Kier alpha value is -4.77. The van der Waals surface area contributed by atoms with Crippen molar-refractivity contribution in [3.8, 4) is 11.1 Å². The van der Waals surface area contributed by atoms with Gasteiger partial charge in [-0.05, 0) is 73.9 Å². The van der Waals surface area contributed by atoms with Gasteiger partial charge >= 0.3 is 17.8 Å². The topological polar surface area (TPSA) is 114 Å². The lowest BCUT2D eigenvalue weighted by molar-refractivity contribution is -0.137. The van der Waals surface area contributed by atoms with E-state index >= 15 is 0 Å². The highest BCUT2D eigenvalue weighted by Gasteiger charge is 2.34. The molecular formula is C31H24ClF4NO6. The number of Topliss-reactive ketones (excluding diaryl/α,β-unsaturated/α-hetero) is 1. The predicted octanol–water partition coefficient (Wildman–Crippen LogP) is 7.45. The Kier molecular flexibility index (Phi) is 10.3. The number of halogens is 5. The number of aliphatic carboxylic acids is 1. The number of aryl methyl sites for hydroxylation is 1. The second kappa shape index (κ2) is 13.5. The summed E-state index contributed by atoms with van der Waals surface area (Å²) in [5.41, 5.74) is -1.25. The largest absolute Gasteiger partial charge is 0.478 e. The number of carbonyl (C=O) groups is 3. The maximum Gasteiger partial charge on any atom is 0.418 e. The minimum absolute atomic E-state index is 0.110. The Morgan fingerprint density at radius 2 is 1.72 bits per heavy atom. The summed E-state index contributed by atoms with van der Waals surface area (Å²) in [4.78, 5) is 46.4. The third-order valence-electron chi connectivity index (χ3n) is 5.77. The molecule has 4 rings (SSSR count). The van der Waals surface area contributed by atoms with Crippen molar-refractivity contribution in [2.24, 2.45) is 0 Å². The summed E-state index contributed by atoms with van der Waals surface area (Å²) in [6.45, 7) is 4.77. The number of anilines is 1. The molecule has 0 aliphatic carbocycles. The molecule has 2 N–H and O–H groups in total. The zero-order valence-electron chi connectivity index (χ0n) is 22.9. The normalized spacial score (nSPS) is 11.3. The van der Waals surface area contributed by atoms with Crippen LogP contribution in [0.3, 0.4) is 0 Å². The maximum atomic E-state index is 13.5. The van der Waals surface area contributed by atoms with E-state index in [2.05, 4.69) is 5.32 Å². The third-order valence-corrected chi connectivity index (χ3v) is 6.18. The van der Waals surface area contributed by atoms with E-state index in [0.717, 1.165) is 18.2 Å². The van der Waals surface area contributed by atoms with Crippen LogP contribution in [0.4, 0.5) is 23.2 Å². The molecule has 0 spiro atoms. The molecule has 1 aromatic heterocycles. The number of amides is 1. The van der Waals surface area contributed by atoms with Crippen LogP contribution in [0.15, 0.2) is 69.9 Å². The molecule has 12 heteroatoms. The van der Waals surface area contributed by atoms with Crippen LogP contribution in [0.1, 0.15) is 36.1 Å². The first-order valence-electron chi connectivity index (χ1n) is 12.5. The third kappa shape index (κ3) is 8.62. The number of alkyl halides is 3. The fourth-order valence-electron chi connectivity index (χ4n) is 4.04. The van der Waals surface area contributed by atoms with Crippen molar-refractivity contribution < 1.29 is 41.5 Å². The van der Waals surface area contributed by atoms with Gasteiger partial charge in [0.05, 0.1) is 23.2 Å². The van der Waals surface area contributed by atoms with Crippen molar-refractivity contribution in [2.45, 2.75) is 33.4 Å². The van der Waals surface area contributed by atoms with Crippen molar-refractivity contribution >= 4 is 52.0 Å². The molecule has 43 heavy (non-hydrogen) atoms. The van der Waals surface area contributed by atoms with Gasteiger partial charge in [0.2, 0.25) is 5.91 Å². The summed E-state index contributed by atoms with van der Waals surface area (Å²) in [7, 11) is 0. The number of fused-ring (bicyclic) bond motifs is 1. The van der Waals surface area contributed by atoms with Gasteiger partial charge in [-0.2, -0.15) is 13.2 Å². The van der Waals surface area contributed by atoms with Crippen LogP contribution in [0.25, 0.3) is 28.2 Å². The summed E-state index contributed by atoms with van der Waals surface area (Å²) in [5.74, 6) is -3.12. The zero-order valence-corrected chi connectivity index (χ0v) is 23.7. The van der Waals surface area contributed by atoms with Gasteiger partial charge in [0.15, 0.2) is 0 Å². The molecule has 4 aromatic rings. The second-order valence-corrected chi connectivity index (χ2v) is 9.87. The molecule has 0 atom stereocenters. The van der Waals surface area contributed by atoms with Crippen molar-refractivity contribution in [2.75, 3.05) is 5.32 Å². The minimum Gasteiger partial charge on any atom is -0.478 e. The molecule has 0 fully saturated rings. The summed E-state index contributed by atoms with van der Waals surface area (Å²) < 4.78 is 59.1. The van der Waals surface area contributed by atoms with E-state index in [0.29, 0.717) is 27.1 Å². The fourth-order valence-corrected chi connectivity index (χ4v) is 4.19. The van der Waals surface area contributed by atoms with Crippen LogP contribution in [-0.2, 0) is 27.0 Å². The molecule has 0 radical (unpaired) electrons. The highest BCUT2D eigenvalue weighted by molar-refractivity contribution is 6.32. The van der Waals surface area contributed by atoms with Gasteiger partial charge in [-0.1, -0.05) is 29.8 Å². The Morgan fingerprint density at radius 1 is 1.05 bits per heavy atom. The number of carbonyl (C=O) groups excluding carboxylic acids is 2. The Labute approximate surface area is 247 Å². The van der Waals surface area contributed by atoms with Crippen LogP contribution in [0, 0.1) is 12.7 Å².